The number of aliphatic imine (C=N–C) groups is 1. The molecular weight excluding hydrogens is 354 g/mol. The highest BCUT2D eigenvalue weighted by atomic mass is 32.1. The molecule has 1 aromatic heterocycles. The summed E-state index contributed by atoms with van der Waals surface area (Å²) in [6.07, 6.45) is 2.04. The number of hydrogen-bond donors (Lipinski definition) is 2. The molecule has 1 saturated heterocycles. The summed E-state index contributed by atoms with van der Waals surface area (Å²) in [5, 5.41) is 11.3. The molecule has 4 nitrogen and oxygen atoms in total. The molecule has 2 N–H and O–H groups in total. The van der Waals surface area contributed by atoms with E-state index in [2.05, 4.69) is 71.6 Å². The van der Waals surface area contributed by atoms with E-state index in [1.807, 2.05) is 0 Å². The average Bonchev–Trinajstić information content (AvgIpc) is 3.26. The monoisotopic (exact) mass is 385 g/mol. The smallest absolute Gasteiger partial charge is 0.191 e. The maximum atomic E-state index is 5.64. The van der Waals surface area contributed by atoms with Gasteiger partial charge in [-0.1, -0.05) is 37.3 Å². The normalized spacial score (nSPS) is 18.1. The molecule has 27 heavy (non-hydrogen) atoms. The zero-order valence-corrected chi connectivity index (χ0v) is 17.2. The minimum absolute atomic E-state index is 0.0703. The molecule has 0 spiro atoms. The lowest BCUT2D eigenvalue weighted by molar-refractivity contribution is 0.0531. The standard InChI is InChI=1S/C22H31N3OS/c1-3-23-21(24-15-18(2)19-9-14-27-16-19)25-17-22(10-12-26-13-11-22)20-7-5-4-6-8-20/h4-9,14,16,18H,3,10-13,15,17H2,1-2H3,(H2,23,24,25). The van der Waals surface area contributed by atoms with Crippen LogP contribution in [0.3, 0.4) is 0 Å². The van der Waals surface area contributed by atoms with Crippen molar-refractivity contribution in [3.8, 4) is 0 Å². The Labute approximate surface area is 167 Å². The molecule has 1 unspecified atom stereocenters. The van der Waals surface area contributed by atoms with Gasteiger partial charge in [-0.25, -0.2) is 0 Å². The lowest BCUT2D eigenvalue weighted by atomic mass is 9.74. The fraction of sp³-hybridized carbons (Fsp3) is 0.500. The van der Waals surface area contributed by atoms with Gasteiger partial charge in [0.1, 0.15) is 0 Å². The summed E-state index contributed by atoms with van der Waals surface area (Å²) < 4.78 is 5.64. The summed E-state index contributed by atoms with van der Waals surface area (Å²) in [5.74, 6) is 1.37. The summed E-state index contributed by atoms with van der Waals surface area (Å²) in [6.45, 7) is 8.50. The van der Waals surface area contributed by atoms with Crippen molar-refractivity contribution in [2.45, 2.75) is 38.0 Å². The summed E-state index contributed by atoms with van der Waals surface area (Å²) in [4.78, 5) is 4.98. The first-order valence-corrected chi connectivity index (χ1v) is 10.9. The topological polar surface area (TPSA) is 45.7 Å². The number of nitrogens with one attached hydrogen (secondary N) is 2. The first-order valence-electron chi connectivity index (χ1n) is 9.91. The second-order valence-corrected chi connectivity index (χ2v) is 8.07. The third-order valence-corrected chi connectivity index (χ3v) is 6.11. The third-order valence-electron chi connectivity index (χ3n) is 5.41. The maximum Gasteiger partial charge on any atom is 0.191 e. The molecule has 5 heteroatoms. The molecule has 0 bridgehead atoms. The van der Waals surface area contributed by atoms with Crippen LogP contribution in [0.5, 0.6) is 0 Å². The van der Waals surface area contributed by atoms with Gasteiger partial charge in [-0.2, -0.15) is 11.3 Å². The Kier molecular flexibility index (Phi) is 7.30. The minimum Gasteiger partial charge on any atom is -0.381 e. The molecule has 2 aromatic rings. The largest absolute Gasteiger partial charge is 0.381 e. The van der Waals surface area contributed by atoms with Crippen LogP contribution in [-0.2, 0) is 10.2 Å². The van der Waals surface area contributed by atoms with Crippen LogP contribution in [0, 0.1) is 0 Å². The van der Waals surface area contributed by atoms with Crippen molar-refractivity contribution in [2.75, 3.05) is 32.8 Å². The molecular formula is C22H31N3OS. The number of nitrogens with zero attached hydrogens (tertiary/aromatic N) is 1. The minimum atomic E-state index is 0.0703. The Morgan fingerprint density at radius 3 is 2.63 bits per heavy atom. The van der Waals surface area contributed by atoms with Crippen molar-refractivity contribution in [3.05, 3.63) is 58.3 Å². The van der Waals surface area contributed by atoms with Crippen molar-refractivity contribution in [3.63, 3.8) is 0 Å². The van der Waals surface area contributed by atoms with E-state index in [1.54, 1.807) is 11.3 Å². The van der Waals surface area contributed by atoms with E-state index in [1.165, 1.54) is 11.1 Å². The van der Waals surface area contributed by atoms with Gasteiger partial charge in [-0.05, 0) is 53.6 Å². The van der Waals surface area contributed by atoms with E-state index in [0.29, 0.717) is 5.92 Å². The van der Waals surface area contributed by atoms with E-state index in [9.17, 15) is 0 Å². The van der Waals surface area contributed by atoms with Crippen LogP contribution in [0.15, 0.2) is 52.2 Å². The van der Waals surface area contributed by atoms with E-state index in [-0.39, 0.29) is 5.41 Å². The second kappa shape index (κ2) is 9.90. The number of rotatable bonds is 7. The molecule has 146 valence electrons. The number of ether oxygens (including phenoxy) is 1. The molecule has 1 aliphatic heterocycles. The Balaban J connectivity index is 1.69. The first-order chi connectivity index (χ1) is 13.2. The van der Waals surface area contributed by atoms with Gasteiger partial charge in [0, 0.05) is 31.7 Å². The summed E-state index contributed by atoms with van der Waals surface area (Å²) in [6, 6.07) is 13.0. The van der Waals surface area contributed by atoms with E-state index in [0.717, 1.165) is 51.6 Å². The molecule has 1 aromatic carbocycles. The molecule has 0 amide bonds. The van der Waals surface area contributed by atoms with Crippen LogP contribution in [-0.4, -0.2) is 38.8 Å². The van der Waals surface area contributed by atoms with Gasteiger partial charge in [0.25, 0.3) is 0 Å². The van der Waals surface area contributed by atoms with Gasteiger partial charge in [-0.15, -0.1) is 0 Å². The number of guanidine groups is 1. The zero-order valence-electron chi connectivity index (χ0n) is 16.4. The summed E-state index contributed by atoms with van der Waals surface area (Å²) in [5.41, 5.74) is 2.83. The van der Waals surface area contributed by atoms with Crippen LogP contribution in [0.2, 0.25) is 0 Å². The molecule has 0 aliphatic carbocycles. The fourth-order valence-electron chi connectivity index (χ4n) is 3.59. The summed E-state index contributed by atoms with van der Waals surface area (Å²) >= 11 is 1.75. The highest BCUT2D eigenvalue weighted by Crippen LogP contribution is 2.35. The fourth-order valence-corrected chi connectivity index (χ4v) is 4.37. The molecule has 2 heterocycles. The van der Waals surface area contributed by atoms with Crippen LogP contribution in [0.4, 0.5) is 0 Å². The Bertz CT molecular complexity index is 694. The molecule has 1 atom stereocenters. The van der Waals surface area contributed by atoms with Crippen LogP contribution in [0.1, 0.15) is 43.7 Å². The van der Waals surface area contributed by atoms with Gasteiger partial charge >= 0.3 is 0 Å². The van der Waals surface area contributed by atoms with Crippen molar-refractivity contribution < 1.29 is 4.74 Å². The van der Waals surface area contributed by atoms with Gasteiger partial charge in [0.15, 0.2) is 5.96 Å². The van der Waals surface area contributed by atoms with Crippen molar-refractivity contribution in [1.29, 1.82) is 0 Å². The van der Waals surface area contributed by atoms with Gasteiger partial charge in [-0.3, -0.25) is 4.99 Å². The van der Waals surface area contributed by atoms with Crippen LogP contribution >= 0.6 is 11.3 Å². The quantitative estimate of drug-likeness (QED) is 0.556. The zero-order chi connectivity index (χ0) is 19.0. The number of thiophene rings is 1. The van der Waals surface area contributed by atoms with Crippen molar-refractivity contribution >= 4 is 17.3 Å². The van der Waals surface area contributed by atoms with Crippen molar-refractivity contribution in [2.24, 2.45) is 4.99 Å². The highest BCUT2D eigenvalue weighted by molar-refractivity contribution is 7.07. The van der Waals surface area contributed by atoms with E-state index in [4.69, 9.17) is 9.73 Å². The molecule has 1 aliphatic rings. The first kappa shape index (κ1) is 19.9. The van der Waals surface area contributed by atoms with Crippen LogP contribution < -0.4 is 10.6 Å². The number of hydrogen-bond acceptors (Lipinski definition) is 3. The van der Waals surface area contributed by atoms with Gasteiger partial charge < -0.3 is 15.4 Å². The molecule has 3 rings (SSSR count). The molecule has 0 radical (unpaired) electrons. The van der Waals surface area contributed by atoms with E-state index < -0.39 is 0 Å². The molecule has 0 saturated carbocycles. The Hall–Kier alpha value is -1.85. The number of benzene rings is 1. The summed E-state index contributed by atoms with van der Waals surface area (Å²) in [7, 11) is 0. The maximum absolute atomic E-state index is 5.64. The van der Waals surface area contributed by atoms with E-state index >= 15 is 0 Å². The van der Waals surface area contributed by atoms with Gasteiger partial charge in [0.2, 0.25) is 0 Å². The van der Waals surface area contributed by atoms with Crippen LogP contribution in [0.25, 0.3) is 0 Å². The highest BCUT2D eigenvalue weighted by Gasteiger charge is 2.34. The lowest BCUT2D eigenvalue weighted by Crippen LogP contribution is -2.42. The lowest BCUT2D eigenvalue weighted by Gasteiger charge is -2.36. The third kappa shape index (κ3) is 5.33. The second-order valence-electron chi connectivity index (χ2n) is 7.29. The van der Waals surface area contributed by atoms with Crippen molar-refractivity contribution in [1.82, 2.24) is 10.6 Å². The van der Waals surface area contributed by atoms with Gasteiger partial charge in [0.05, 0.1) is 6.54 Å². The average molecular weight is 386 g/mol. The molecule has 1 fully saturated rings. The SMILES string of the molecule is CCNC(=NCC1(c2ccccc2)CCOCC1)NCC(C)c1ccsc1. The predicted molar refractivity (Wildman–Crippen MR) is 115 cm³/mol. The predicted octanol–water partition coefficient (Wildman–Crippen LogP) is 4.16. The Morgan fingerprint density at radius 1 is 1.19 bits per heavy atom. The Morgan fingerprint density at radius 2 is 1.96 bits per heavy atom.